The zero-order valence-electron chi connectivity index (χ0n) is 10.4. The molecule has 4 nitrogen and oxygen atoms in total. The summed E-state index contributed by atoms with van der Waals surface area (Å²) < 4.78 is 3.03. The van der Waals surface area contributed by atoms with Crippen molar-refractivity contribution in [2.24, 2.45) is 0 Å². The molecule has 0 radical (unpaired) electrons. The lowest BCUT2D eigenvalue weighted by atomic mass is 10.0. The van der Waals surface area contributed by atoms with Crippen molar-refractivity contribution in [2.45, 2.75) is 57.5 Å². The molecule has 1 saturated carbocycles. The number of aromatic nitrogens is 3. The van der Waals surface area contributed by atoms with Gasteiger partial charge in [0.2, 0.25) is 5.95 Å². The average Bonchev–Trinajstić information content (AvgIpc) is 3.12. The molecule has 1 atom stereocenters. The van der Waals surface area contributed by atoms with Crippen molar-refractivity contribution in [3.05, 3.63) is 4.77 Å². The summed E-state index contributed by atoms with van der Waals surface area (Å²) in [4.78, 5) is 2.47. The topological polar surface area (TPSA) is 36.9 Å². The van der Waals surface area contributed by atoms with Gasteiger partial charge in [-0.3, -0.25) is 4.57 Å². The molecular weight excluding hydrogens is 232 g/mol. The van der Waals surface area contributed by atoms with Crippen molar-refractivity contribution in [3.8, 4) is 0 Å². The molecule has 0 aromatic carbocycles. The van der Waals surface area contributed by atoms with E-state index in [0.717, 1.165) is 17.3 Å². The van der Waals surface area contributed by atoms with Gasteiger partial charge >= 0.3 is 0 Å². The van der Waals surface area contributed by atoms with E-state index in [-0.39, 0.29) is 0 Å². The quantitative estimate of drug-likeness (QED) is 0.840. The molecule has 3 rings (SSSR count). The van der Waals surface area contributed by atoms with E-state index in [1.165, 1.54) is 38.5 Å². The number of rotatable bonds is 3. The Balaban J connectivity index is 1.94. The van der Waals surface area contributed by atoms with Crippen molar-refractivity contribution in [1.82, 2.24) is 14.8 Å². The molecule has 0 bridgehead atoms. The summed E-state index contributed by atoms with van der Waals surface area (Å²) in [5.74, 6) is 1.09. The van der Waals surface area contributed by atoms with Gasteiger partial charge < -0.3 is 4.90 Å². The highest BCUT2D eigenvalue weighted by molar-refractivity contribution is 7.71. The summed E-state index contributed by atoms with van der Waals surface area (Å²) in [5.41, 5.74) is 0. The Morgan fingerprint density at radius 1 is 1.35 bits per heavy atom. The number of anilines is 1. The molecule has 94 valence electrons. The molecule has 1 aromatic rings. The number of aromatic amines is 1. The summed E-state index contributed by atoms with van der Waals surface area (Å²) in [6.07, 6.45) is 7.63. The minimum absolute atomic E-state index is 0.607. The van der Waals surface area contributed by atoms with Crippen LogP contribution in [0.4, 0.5) is 5.95 Å². The molecule has 2 aliphatic rings. The van der Waals surface area contributed by atoms with Crippen LogP contribution in [-0.4, -0.2) is 27.4 Å². The fourth-order valence-corrected chi connectivity index (χ4v) is 3.13. The first-order valence-electron chi connectivity index (χ1n) is 6.74. The van der Waals surface area contributed by atoms with Crippen molar-refractivity contribution >= 4 is 18.2 Å². The number of hydrogen-bond donors (Lipinski definition) is 1. The first-order chi connectivity index (χ1) is 8.31. The largest absolute Gasteiger partial charge is 0.338 e. The number of nitrogens with one attached hydrogen (secondary N) is 1. The highest BCUT2D eigenvalue weighted by Gasteiger charge is 2.32. The van der Waals surface area contributed by atoms with E-state index in [1.807, 2.05) is 0 Å². The number of nitrogens with zero attached hydrogens (tertiary/aromatic N) is 3. The fourth-order valence-electron chi connectivity index (χ4n) is 2.85. The van der Waals surface area contributed by atoms with Gasteiger partial charge in [0.25, 0.3) is 0 Å². The highest BCUT2D eigenvalue weighted by Crippen LogP contribution is 2.39. The van der Waals surface area contributed by atoms with Gasteiger partial charge in [-0.1, -0.05) is 6.92 Å². The second-order valence-corrected chi connectivity index (χ2v) is 5.57. The van der Waals surface area contributed by atoms with Crippen LogP contribution in [0.3, 0.4) is 0 Å². The van der Waals surface area contributed by atoms with E-state index in [4.69, 9.17) is 12.2 Å². The van der Waals surface area contributed by atoms with Crippen LogP contribution in [0.5, 0.6) is 0 Å². The van der Waals surface area contributed by atoms with E-state index >= 15 is 0 Å². The standard InChI is InChI=1S/C12H20N4S/c1-2-9-5-3-4-8-15(9)11-13-14-12(17)16(11)10-6-7-10/h9-10H,2-8H2,1H3,(H,14,17). The maximum atomic E-state index is 5.35. The molecule has 0 amide bonds. The summed E-state index contributed by atoms with van der Waals surface area (Å²) in [6.45, 7) is 3.40. The molecule has 1 aliphatic carbocycles. The SMILES string of the molecule is CCC1CCCCN1c1n[nH]c(=S)n1C1CC1. The van der Waals surface area contributed by atoms with E-state index in [2.05, 4.69) is 26.6 Å². The summed E-state index contributed by atoms with van der Waals surface area (Å²) >= 11 is 5.35. The second kappa shape index (κ2) is 4.44. The van der Waals surface area contributed by atoms with Crippen molar-refractivity contribution < 1.29 is 0 Å². The molecule has 1 N–H and O–H groups in total. The van der Waals surface area contributed by atoms with Gasteiger partial charge in [0.15, 0.2) is 4.77 Å². The molecule has 5 heteroatoms. The lowest BCUT2D eigenvalue weighted by molar-refractivity contribution is 0.436. The van der Waals surface area contributed by atoms with Gasteiger partial charge in [-0.2, -0.15) is 0 Å². The Kier molecular flexibility index (Phi) is 2.94. The molecule has 17 heavy (non-hydrogen) atoms. The Labute approximate surface area is 107 Å². The van der Waals surface area contributed by atoms with Crippen LogP contribution in [0.25, 0.3) is 0 Å². The Hall–Kier alpha value is -0.840. The summed E-state index contributed by atoms with van der Waals surface area (Å²) in [6, 6.07) is 1.25. The molecule has 1 unspecified atom stereocenters. The fraction of sp³-hybridized carbons (Fsp3) is 0.833. The summed E-state index contributed by atoms with van der Waals surface area (Å²) in [5, 5.41) is 7.45. The monoisotopic (exact) mass is 252 g/mol. The molecule has 1 aliphatic heterocycles. The smallest absolute Gasteiger partial charge is 0.226 e. The minimum atomic E-state index is 0.607. The normalized spacial score (nSPS) is 25.2. The predicted molar refractivity (Wildman–Crippen MR) is 71.0 cm³/mol. The van der Waals surface area contributed by atoms with Gasteiger partial charge in [-0.05, 0) is 50.7 Å². The lowest BCUT2D eigenvalue weighted by Gasteiger charge is -2.35. The van der Waals surface area contributed by atoms with E-state index in [1.54, 1.807) is 0 Å². The van der Waals surface area contributed by atoms with Crippen LogP contribution in [-0.2, 0) is 0 Å². The van der Waals surface area contributed by atoms with Gasteiger partial charge in [0.1, 0.15) is 0 Å². The van der Waals surface area contributed by atoms with Crippen LogP contribution in [0.1, 0.15) is 51.5 Å². The van der Waals surface area contributed by atoms with E-state index in [0.29, 0.717) is 12.1 Å². The number of H-pyrrole nitrogens is 1. The third-order valence-electron chi connectivity index (χ3n) is 3.95. The molecule has 0 spiro atoms. The van der Waals surface area contributed by atoms with Gasteiger partial charge in [0.05, 0.1) is 0 Å². The molecule has 1 aromatic heterocycles. The zero-order valence-corrected chi connectivity index (χ0v) is 11.2. The predicted octanol–water partition coefficient (Wildman–Crippen LogP) is 3.04. The highest BCUT2D eigenvalue weighted by atomic mass is 32.1. The second-order valence-electron chi connectivity index (χ2n) is 5.18. The number of piperidine rings is 1. The van der Waals surface area contributed by atoms with Crippen LogP contribution >= 0.6 is 12.2 Å². The lowest BCUT2D eigenvalue weighted by Crippen LogP contribution is -2.40. The van der Waals surface area contributed by atoms with Crippen LogP contribution in [0, 0.1) is 4.77 Å². The van der Waals surface area contributed by atoms with Gasteiger partial charge in [0, 0.05) is 18.6 Å². The van der Waals surface area contributed by atoms with Crippen LogP contribution in [0.15, 0.2) is 0 Å². The maximum Gasteiger partial charge on any atom is 0.226 e. The Morgan fingerprint density at radius 3 is 2.88 bits per heavy atom. The van der Waals surface area contributed by atoms with E-state index in [9.17, 15) is 0 Å². The third-order valence-corrected chi connectivity index (χ3v) is 4.24. The summed E-state index contributed by atoms with van der Waals surface area (Å²) in [7, 11) is 0. The van der Waals surface area contributed by atoms with Crippen molar-refractivity contribution in [1.29, 1.82) is 0 Å². The molecule has 1 saturated heterocycles. The van der Waals surface area contributed by atoms with Gasteiger partial charge in [-0.15, -0.1) is 5.10 Å². The van der Waals surface area contributed by atoms with Crippen molar-refractivity contribution in [3.63, 3.8) is 0 Å². The Bertz CT molecular complexity index is 446. The van der Waals surface area contributed by atoms with Crippen molar-refractivity contribution in [2.75, 3.05) is 11.4 Å². The first kappa shape index (κ1) is 11.3. The van der Waals surface area contributed by atoms with E-state index < -0.39 is 0 Å². The third kappa shape index (κ3) is 2.01. The van der Waals surface area contributed by atoms with Gasteiger partial charge in [-0.25, -0.2) is 5.10 Å². The molecule has 2 fully saturated rings. The molecule has 2 heterocycles. The maximum absolute atomic E-state index is 5.35. The Morgan fingerprint density at radius 2 is 2.18 bits per heavy atom. The van der Waals surface area contributed by atoms with Crippen LogP contribution < -0.4 is 4.90 Å². The minimum Gasteiger partial charge on any atom is -0.338 e. The average molecular weight is 252 g/mol. The number of hydrogen-bond acceptors (Lipinski definition) is 3. The molecular formula is C12H20N4S. The first-order valence-corrected chi connectivity index (χ1v) is 7.15. The van der Waals surface area contributed by atoms with Crippen LogP contribution in [0.2, 0.25) is 0 Å². The zero-order chi connectivity index (χ0) is 11.8.